The summed E-state index contributed by atoms with van der Waals surface area (Å²) in [6.45, 7) is 3.73. The van der Waals surface area contributed by atoms with E-state index in [2.05, 4.69) is 20.2 Å². The van der Waals surface area contributed by atoms with E-state index in [9.17, 15) is 4.79 Å². The first-order valence-corrected chi connectivity index (χ1v) is 11.4. The summed E-state index contributed by atoms with van der Waals surface area (Å²) < 4.78 is 5.24. The van der Waals surface area contributed by atoms with Gasteiger partial charge in [0, 0.05) is 18.6 Å². The Hall–Kier alpha value is -2.05. The summed E-state index contributed by atoms with van der Waals surface area (Å²) in [6, 6.07) is 0. The van der Waals surface area contributed by atoms with Crippen molar-refractivity contribution in [2.45, 2.75) is 63.8 Å². The Balaban J connectivity index is 1.34. The summed E-state index contributed by atoms with van der Waals surface area (Å²) in [6.07, 6.45) is 11.4. The molecule has 29 heavy (non-hydrogen) atoms. The number of aromatic nitrogens is 2. The maximum Gasteiger partial charge on any atom is 0.310 e. The van der Waals surface area contributed by atoms with Crippen LogP contribution in [-0.2, 0) is 9.53 Å². The van der Waals surface area contributed by atoms with Crippen LogP contribution in [0.25, 0.3) is 0 Å². The summed E-state index contributed by atoms with van der Waals surface area (Å²) in [4.78, 5) is 23.4. The van der Waals surface area contributed by atoms with Gasteiger partial charge in [0.15, 0.2) is 11.6 Å². The molecule has 1 aliphatic heterocycles. The topological polar surface area (TPSA) is 93.4 Å². The average Bonchev–Trinajstić information content (AvgIpc) is 2.69. The summed E-state index contributed by atoms with van der Waals surface area (Å²) >= 11 is 0. The molecule has 0 spiro atoms. The monoisotopic (exact) mass is 399 g/mol. The van der Waals surface area contributed by atoms with Crippen molar-refractivity contribution in [2.24, 2.45) is 23.7 Å². The van der Waals surface area contributed by atoms with Gasteiger partial charge in [-0.05, 0) is 76.0 Å². The summed E-state index contributed by atoms with van der Waals surface area (Å²) in [5, 5.41) is 3.79. The number of hydrogen-bond acceptors (Lipinski definition) is 7. The Morgan fingerprint density at radius 3 is 2.59 bits per heavy atom. The second-order valence-electron chi connectivity index (χ2n) is 9.82. The molecule has 5 fully saturated rings. The lowest BCUT2D eigenvalue weighted by Gasteiger charge is -2.57. The number of nitrogen functional groups attached to an aromatic ring is 1. The van der Waals surface area contributed by atoms with E-state index in [0.717, 1.165) is 48.8 Å². The highest BCUT2D eigenvalue weighted by molar-refractivity contribution is 5.77. The summed E-state index contributed by atoms with van der Waals surface area (Å²) in [5.41, 5.74) is 7.35. The lowest BCUT2D eigenvalue weighted by molar-refractivity contribution is -0.148. The normalized spacial score (nSPS) is 35.6. The molecule has 1 saturated heterocycles. The Labute approximate surface area is 172 Å². The third-order valence-electron chi connectivity index (χ3n) is 7.63. The third kappa shape index (κ3) is 3.53. The quantitative estimate of drug-likeness (QED) is 0.734. The number of ether oxygens (including phenoxy) is 1. The van der Waals surface area contributed by atoms with Crippen LogP contribution in [-0.4, -0.2) is 41.2 Å². The maximum atomic E-state index is 12.2. The van der Waals surface area contributed by atoms with Crippen molar-refractivity contribution in [3.8, 4) is 0 Å². The Bertz CT molecular complexity index is 747. The van der Waals surface area contributed by atoms with Crippen LogP contribution in [0, 0.1) is 23.7 Å². The highest BCUT2D eigenvalue weighted by Gasteiger charge is 2.51. The first-order valence-electron chi connectivity index (χ1n) is 11.4. The highest BCUT2D eigenvalue weighted by atomic mass is 16.5. The van der Waals surface area contributed by atoms with Crippen molar-refractivity contribution in [2.75, 3.05) is 35.6 Å². The molecule has 6 rings (SSSR count). The predicted molar refractivity (Wildman–Crippen MR) is 113 cm³/mol. The molecule has 7 heteroatoms. The van der Waals surface area contributed by atoms with E-state index >= 15 is 0 Å². The second kappa shape index (κ2) is 7.33. The largest absolute Gasteiger partial charge is 0.466 e. The minimum absolute atomic E-state index is 0.113. The van der Waals surface area contributed by atoms with Crippen molar-refractivity contribution in [3.63, 3.8) is 0 Å². The van der Waals surface area contributed by atoms with E-state index in [1.807, 2.05) is 6.92 Å². The van der Waals surface area contributed by atoms with E-state index in [-0.39, 0.29) is 17.4 Å². The molecule has 158 valence electrons. The zero-order valence-electron chi connectivity index (χ0n) is 17.4. The zero-order chi connectivity index (χ0) is 20.0. The van der Waals surface area contributed by atoms with Crippen LogP contribution in [0.5, 0.6) is 0 Å². The Morgan fingerprint density at radius 1 is 1.24 bits per heavy atom. The molecule has 1 atom stereocenters. The molecule has 4 saturated carbocycles. The second-order valence-corrected chi connectivity index (χ2v) is 9.82. The molecule has 3 N–H and O–H groups in total. The summed E-state index contributed by atoms with van der Waals surface area (Å²) in [7, 11) is 0. The standard InChI is InChI=1S/C22H33N5O2/c1-2-29-21(28)17-4-3-5-27(12-17)20-18(23)19(24-13-25-20)26-22-9-14-6-15(10-22)8-16(7-14)11-22/h13-17H,2-12,23H2,1H3,(H,24,25,26). The molecular weight excluding hydrogens is 366 g/mol. The predicted octanol–water partition coefficient (Wildman–Crippen LogP) is 3.22. The molecule has 5 aliphatic rings. The van der Waals surface area contributed by atoms with Gasteiger partial charge in [-0.25, -0.2) is 9.97 Å². The smallest absolute Gasteiger partial charge is 0.310 e. The molecule has 1 aromatic rings. The molecule has 2 heterocycles. The minimum Gasteiger partial charge on any atom is -0.466 e. The van der Waals surface area contributed by atoms with Gasteiger partial charge in [-0.1, -0.05) is 0 Å². The van der Waals surface area contributed by atoms with Gasteiger partial charge in [0.1, 0.15) is 12.0 Å². The highest BCUT2D eigenvalue weighted by Crippen LogP contribution is 2.56. The fourth-order valence-corrected chi connectivity index (χ4v) is 6.87. The lowest BCUT2D eigenvalue weighted by atomic mass is 9.53. The van der Waals surface area contributed by atoms with Gasteiger partial charge < -0.3 is 20.7 Å². The fraction of sp³-hybridized carbons (Fsp3) is 0.773. The first-order chi connectivity index (χ1) is 14.0. The van der Waals surface area contributed by atoms with Gasteiger partial charge >= 0.3 is 5.97 Å². The van der Waals surface area contributed by atoms with E-state index in [1.54, 1.807) is 6.33 Å². The van der Waals surface area contributed by atoms with Crippen molar-refractivity contribution >= 4 is 23.3 Å². The molecule has 4 bridgehead atoms. The van der Waals surface area contributed by atoms with Crippen molar-refractivity contribution in [1.29, 1.82) is 0 Å². The number of carbonyl (C=O) groups excluding carboxylic acids is 1. The number of nitrogens with zero attached hydrogens (tertiary/aromatic N) is 3. The Morgan fingerprint density at radius 2 is 1.93 bits per heavy atom. The first kappa shape index (κ1) is 18.9. The van der Waals surface area contributed by atoms with Gasteiger partial charge in [0.2, 0.25) is 0 Å². The number of nitrogens with one attached hydrogen (secondary N) is 1. The van der Waals surface area contributed by atoms with Gasteiger partial charge in [0.05, 0.1) is 12.5 Å². The number of carbonyl (C=O) groups is 1. The molecule has 1 unspecified atom stereocenters. The van der Waals surface area contributed by atoms with Gasteiger partial charge in [-0.2, -0.15) is 0 Å². The van der Waals surface area contributed by atoms with Crippen LogP contribution in [0.3, 0.4) is 0 Å². The van der Waals surface area contributed by atoms with Crippen LogP contribution in [0.1, 0.15) is 58.3 Å². The zero-order valence-corrected chi connectivity index (χ0v) is 17.4. The molecule has 0 aromatic carbocycles. The van der Waals surface area contributed by atoms with E-state index in [4.69, 9.17) is 10.5 Å². The lowest BCUT2D eigenvalue weighted by Crippen LogP contribution is -2.55. The van der Waals surface area contributed by atoms with Crippen LogP contribution in [0.2, 0.25) is 0 Å². The summed E-state index contributed by atoms with van der Waals surface area (Å²) in [5.74, 6) is 3.89. The van der Waals surface area contributed by atoms with Crippen molar-refractivity contribution in [1.82, 2.24) is 9.97 Å². The molecule has 0 radical (unpaired) electrons. The maximum absolute atomic E-state index is 12.2. The van der Waals surface area contributed by atoms with Crippen LogP contribution in [0.4, 0.5) is 17.3 Å². The van der Waals surface area contributed by atoms with Crippen LogP contribution >= 0.6 is 0 Å². The number of piperidine rings is 1. The number of esters is 1. The molecular formula is C22H33N5O2. The van der Waals surface area contributed by atoms with E-state index in [0.29, 0.717) is 18.8 Å². The SMILES string of the molecule is CCOC(=O)C1CCCN(c2ncnc(NC34CC5CC(CC(C5)C3)C4)c2N)C1. The molecule has 4 aliphatic carbocycles. The number of anilines is 3. The fourth-order valence-electron chi connectivity index (χ4n) is 6.87. The molecule has 1 aromatic heterocycles. The van der Waals surface area contributed by atoms with E-state index < -0.39 is 0 Å². The van der Waals surface area contributed by atoms with Gasteiger partial charge in [-0.3, -0.25) is 4.79 Å². The Kier molecular flexibility index (Phi) is 4.79. The number of hydrogen-bond donors (Lipinski definition) is 2. The van der Waals surface area contributed by atoms with E-state index in [1.165, 1.54) is 38.5 Å². The number of nitrogens with two attached hydrogens (primary N) is 1. The third-order valence-corrected chi connectivity index (χ3v) is 7.63. The van der Waals surface area contributed by atoms with Gasteiger partial charge in [0.25, 0.3) is 0 Å². The molecule has 7 nitrogen and oxygen atoms in total. The van der Waals surface area contributed by atoms with Crippen LogP contribution in [0.15, 0.2) is 6.33 Å². The average molecular weight is 400 g/mol. The minimum atomic E-state index is -0.114. The number of rotatable bonds is 5. The van der Waals surface area contributed by atoms with Crippen LogP contribution < -0.4 is 16.0 Å². The molecule has 0 amide bonds. The van der Waals surface area contributed by atoms with Crippen molar-refractivity contribution in [3.05, 3.63) is 6.33 Å². The van der Waals surface area contributed by atoms with Gasteiger partial charge in [-0.15, -0.1) is 0 Å². The van der Waals surface area contributed by atoms with Crippen molar-refractivity contribution < 1.29 is 9.53 Å².